The topological polar surface area (TPSA) is 66.9 Å². The third-order valence-corrected chi connectivity index (χ3v) is 6.58. The molecule has 2 aromatic carbocycles. The van der Waals surface area contributed by atoms with Gasteiger partial charge in [0, 0.05) is 32.2 Å². The van der Waals surface area contributed by atoms with Gasteiger partial charge in [-0.2, -0.15) is 4.31 Å². The van der Waals surface area contributed by atoms with Crippen molar-refractivity contribution in [2.45, 2.75) is 37.5 Å². The van der Waals surface area contributed by atoms with E-state index in [2.05, 4.69) is 0 Å². The van der Waals surface area contributed by atoms with Crippen LogP contribution in [0, 0.1) is 0 Å². The molecule has 1 amide bonds. The maximum absolute atomic E-state index is 12.9. The number of carbonyl (C=O) groups is 1. The van der Waals surface area contributed by atoms with Crippen LogP contribution in [0.15, 0.2) is 59.5 Å². The molecule has 1 aliphatic heterocycles. The number of nitrogens with zero attached hydrogens (tertiary/aromatic N) is 2. The summed E-state index contributed by atoms with van der Waals surface area (Å²) >= 11 is 0. The molecule has 28 heavy (non-hydrogen) atoms. The van der Waals surface area contributed by atoms with E-state index in [0.29, 0.717) is 25.2 Å². The van der Waals surface area contributed by atoms with Crippen LogP contribution in [0.1, 0.15) is 29.8 Å². The Labute approximate surface area is 166 Å². The predicted molar refractivity (Wildman–Crippen MR) is 107 cm³/mol. The van der Waals surface area contributed by atoms with Crippen LogP contribution in [0.2, 0.25) is 0 Å². The fourth-order valence-electron chi connectivity index (χ4n) is 3.39. The fourth-order valence-corrected chi connectivity index (χ4v) is 4.99. The van der Waals surface area contributed by atoms with Crippen molar-refractivity contribution in [3.05, 3.63) is 65.7 Å². The van der Waals surface area contributed by atoms with Gasteiger partial charge in [-0.05, 0) is 43.7 Å². The van der Waals surface area contributed by atoms with Crippen molar-refractivity contribution in [1.82, 2.24) is 9.21 Å². The molecule has 2 atom stereocenters. The average molecular weight is 403 g/mol. The van der Waals surface area contributed by atoms with Crippen LogP contribution >= 0.6 is 0 Å². The highest BCUT2D eigenvalue weighted by Gasteiger charge is 2.32. The zero-order chi connectivity index (χ0) is 20.3. The standard InChI is InChI=1S/C21H26N2O4S/c1-16-13-23(14-17(2)27-16)28(25,26)20-11-9-19(10-12-20)21(24)22(3)15-18-7-5-4-6-8-18/h4-12,16-17H,13-15H2,1-3H3. The molecular weight excluding hydrogens is 376 g/mol. The molecule has 2 aromatic rings. The van der Waals surface area contributed by atoms with Crippen LogP contribution in [0.3, 0.4) is 0 Å². The van der Waals surface area contributed by atoms with E-state index < -0.39 is 10.0 Å². The number of amides is 1. The highest BCUT2D eigenvalue weighted by molar-refractivity contribution is 7.89. The van der Waals surface area contributed by atoms with E-state index in [4.69, 9.17) is 4.74 Å². The van der Waals surface area contributed by atoms with Crippen LogP contribution in [0.25, 0.3) is 0 Å². The molecule has 6 nitrogen and oxygen atoms in total. The summed E-state index contributed by atoms with van der Waals surface area (Å²) in [6.07, 6.45) is -0.294. The Morgan fingerprint density at radius 2 is 1.61 bits per heavy atom. The Morgan fingerprint density at radius 1 is 1.04 bits per heavy atom. The molecular formula is C21H26N2O4S. The van der Waals surface area contributed by atoms with E-state index in [0.717, 1.165) is 5.56 Å². The molecule has 1 fully saturated rings. The molecule has 1 heterocycles. The van der Waals surface area contributed by atoms with Crippen LogP contribution in [-0.4, -0.2) is 55.9 Å². The quantitative estimate of drug-likeness (QED) is 0.771. The molecule has 150 valence electrons. The first kappa shape index (κ1) is 20.5. The average Bonchev–Trinajstić information content (AvgIpc) is 2.67. The van der Waals surface area contributed by atoms with Crippen molar-refractivity contribution >= 4 is 15.9 Å². The van der Waals surface area contributed by atoms with Crippen LogP contribution in [0.4, 0.5) is 0 Å². The van der Waals surface area contributed by atoms with E-state index in [9.17, 15) is 13.2 Å². The zero-order valence-corrected chi connectivity index (χ0v) is 17.2. The summed E-state index contributed by atoms with van der Waals surface area (Å²) < 4.78 is 32.9. The van der Waals surface area contributed by atoms with Crippen molar-refractivity contribution in [2.24, 2.45) is 0 Å². The minimum Gasteiger partial charge on any atom is -0.373 e. The van der Waals surface area contributed by atoms with E-state index in [1.807, 2.05) is 44.2 Å². The molecule has 0 spiro atoms. The first-order chi connectivity index (χ1) is 13.3. The maximum Gasteiger partial charge on any atom is 0.253 e. The number of morpholine rings is 1. The Hall–Kier alpha value is -2.22. The van der Waals surface area contributed by atoms with Crippen LogP contribution < -0.4 is 0 Å². The highest BCUT2D eigenvalue weighted by atomic mass is 32.2. The van der Waals surface area contributed by atoms with Crippen molar-refractivity contribution in [3.63, 3.8) is 0 Å². The van der Waals surface area contributed by atoms with E-state index in [-0.39, 0.29) is 23.0 Å². The second-order valence-electron chi connectivity index (χ2n) is 7.25. The molecule has 1 saturated heterocycles. The summed E-state index contributed by atoms with van der Waals surface area (Å²) in [7, 11) is -1.88. The lowest BCUT2D eigenvalue weighted by atomic mass is 10.1. The van der Waals surface area contributed by atoms with Crippen molar-refractivity contribution in [3.8, 4) is 0 Å². The first-order valence-electron chi connectivity index (χ1n) is 9.32. The van der Waals surface area contributed by atoms with Crippen molar-refractivity contribution < 1.29 is 17.9 Å². The van der Waals surface area contributed by atoms with Gasteiger partial charge in [0.15, 0.2) is 0 Å². The van der Waals surface area contributed by atoms with Gasteiger partial charge in [0.05, 0.1) is 17.1 Å². The number of sulfonamides is 1. The van der Waals surface area contributed by atoms with Crippen molar-refractivity contribution in [2.75, 3.05) is 20.1 Å². The molecule has 7 heteroatoms. The summed E-state index contributed by atoms with van der Waals surface area (Å²) in [6.45, 7) is 4.87. The molecule has 3 rings (SSSR count). The second kappa shape index (κ2) is 8.43. The maximum atomic E-state index is 12.9. The minimum atomic E-state index is -3.61. The van der Waals surface area contributed by atoms with Gasteiger partial charge >= 0.3 is 0 Å². The third-order valence-electron chi connectivity index (χ3n) is 4.73. The van der Waals surface area contributed by atoms with Gasteiger partial charge in [-0.25, -0.2) is 8.42 Å². The van der Waals surface area contributed by atoms with Crippen molar-refractivity contribution in [1.29, 1.82) is 0 Å². The lowest BCUT2D eigenvalue weighted by Crippen LogP contribution is -2.48. The number of rotatable bonds is 5. The summed E-state index contributed by atoms with van der Waals surface area (Å²) in [5.41, 5.74) is 1.49. The Bertz CT molecular complexity index is 903. The van der Waals surface area contributed by atoms with Crippen LogP contribution in [0.5, 0.6) is 0 Å². The monoisotopic (exact) mass is 402 g/mol. The Kier molecular flexibility index (Phi) is 6.17. The number of carbonyl (C=O) groups excluding carboxylic acids is 1. The summed E-state index contributed by atoms with van der Waals surface area (Å²) in [6, 6.07) is 15.9. The van der Waals surface area contributed by atoms with Crippen LogP contribution in [-0.2, 0) is 21.3 Å². The molecule has 0 bridgehead atoms. The normalized spacial score (nSPS) is 20.7. The third kappa shape index (κ3) is 4.60. The van der Waals surface area contributed by atoms with E-state index in [1.165, 1.54) is 16.4 Å². The molecule has 0 aliphatic carbocycles. The first-order valence-corrected chi connectivity index (χ1v) is 10.8. The fraction of sp³-hybridized carbons (Fsp3) is 0.381. The van der Waals surface area contributed by atoms with Gasteiger partial charge in [0.2, 0.25) is 10.0 Å². The summed E-state index contributed by atoms with van der Waals surface area (Å²) in [5.74, 6) is -0.151. The van der Waals surface area contributed by atoms with Gasteiger partial charge in [-0.15, -0.1) is 0 Å². The molecule has 0 N–H and O–H groups in total. The minimum absolute atomic E-state index is 0.147. The molecule has 0 aromatic heterocycles. The van der Waals surface area contributed by atoms with Gasteiger partial charge < -0.3 is 9.64 Å². The Morgan fingerprint density at radius 3 is 2.18 bits per heavy atom. The molecule has 1 aliphatic rings. The van der Waals surface area contributed by atoms with E-state index >= 15 is 0 Å². The lowest BCUT2D eigenvalue weighted by molar-refractivity contribution is -0.0440. The van der Waals surface area contributed by atoms with E-state index in [1.54, 1.807) is 24.1 Å². The smallest absolute Gasteiger partial charge is 0.253 e. The summed E-state index contributed by atoms with van der Waals surface area (Å²) in [4.78, 5) is 14.5. The number of hydrogen-bond acceptors (Lipinski definition) is 4. The van der Waals surface area contributed by atoms with Gasteiger partial charge in [-0.3, -0.25) is 4.79 Å². The van der Waals surface area contributed by atoms with Gasteiger partial charge in [-0.1, -0.05) is 30.3 Å². The lowest BCUT2D eigenvalue weighted by Gasteiger charge is -2.34. The number of hydrogen-bond donors (Lipinski definition) is 0. The Balaban J connectivity index is 1.72. The largest absolute Gasteiger partial charge is 0.373 e. The zero-order valence-electron chi connectivity index (χ0n) is 16.4. The second-order valence-corrected chi connectivity index (χ2v) is 9.19. The number of benzene rings is 2. The summed E-state index contributed by atoms with van der Waals surface area (Å²) in [5, 5.41) is 0. The molecule has 0 radical (unpaired) electrons. The number of ether oxygens (including phenoxy) is 1. The molecule has 0 saturated carbocycles. The highest BCUT2D eigenvalue weighted by Crippen LogP contribution is 2.22. The van der Waals surface area contributed by atoms with Gasteiger partial charge in [0.1, 0.15) is 0 Å². The van der Waals surface area contributed by atoms with Gasteiger partial charge in [0.25, 0.3) is 5.91 Å². The predicted octanol–water partition coefficient (Wildman–Crippen LogP) is 2.76. The SMILES string of the molecule is CC1CN(S(=O)(=O)c2ccc(C(=O)N(C)Cc3ccccc3)cc2)CC(C)O1. The molecule has 2 unspecified atom stereocenters.